The number of rotatable bonds is 4. The molecule has 1 N–H and O–H groups in total. The van der Waals surface area contributed by atoms with E-state index in [0.717, 1.165) is 12.1 Å². The fourth-order valence-electron chi connectivity index (χ4n) is 1.67. The maximum absolute atomic E-state index is 13.3. The quantitative estimate of drug-likeness (QED) is 0.876. The number of aromatic nitrogens is 2. The Bertz CT molecular complexity index is 611. The lowest BCUT2D eigenvalue weighted by Gasteiger charge is -2.08. The van der Waals surface area contributed by atoms with Crippen LogP contribution in [0.15, 0.2) is 18.2 Å². The van der Waals surface area contributed by atoms with Gasteiger partial charge in [-0.15, -0.1) is 0 Å². The maximum Gasteiger partial charge on any atom is 0.194 e. The van der Waals surface area contributed by atoms with E-state index in [1.165, 1.54) is 13.2 Å². The molecule has 0 aliphatic carbocycles. The Morgan fingerprint density at radius 3 is 2.30 bits per heavy atom. The van der Waals surface area contributed by atoms with Gasteiger partial charge in [0.25, 0.3) is 0 Å². The van der Waals surface area contributed by atoms with Gasteiger partial charge in [-0.2, -0.15) is 0 Å². The van der Waals surface area contributed by atoms with Gasteiger partial charge in [0.05, 0.1) is 5.69 Å². The molecule has 0 fully saturated rings. The van der Waals surface area contributed by atoms with Gasteiger partial charge in [0.15, 0.2) is 23.3 Å². The van der Waals surface area contributed by atoms with Crippen LogP contribution < -0.4 is 5.32 Å². The van der Waals surface area contributed by atoms with Crippen LogP contribution in [0.3, 0.4) is 0 Å². The van der Waals surface area contributed by atoms with E-state index in [1.807, 2.05) is 0 Å². The average molecular weight is 283 g/mol. The zero-order chi connectivity index (χ0) is 14.7. The highest BCUT2D eigenvalue weighted by atomic mass is 19.2. The van der Waals surface area contributed by atoms with E-state index in [-0.39, 0.29) is 17.9 Å². The van der Waals surface area contributed by atoms with Crippen molar-refractivity contribution in [1.82, 2.24) is 9.97 Å². The summed E-state index contributed by atoms with van der Waals surface area (Å²) in [5.41, 5.74) is 0.395. The summed E-state index contributed by atoms with van der Waals surface area (Å²) in [4.78, 5) is 8.24. The van der Waals surface area contributed by atoms with Crippen molar-refractivity contribution in [3.63, 3.8) is 0 Å². The van der Waals surface area contributed by atoms with Gasteiger partial charge in [-0.3, -0.25) is 0 Å². The molecule has 2 aromatic rings. The van der Waals surface area contributed by atoms with Crippen molar-refractivity contribution < 1.29 is 17.9 Å². The molecule has 1 aromatic heterocycles. The maximum atomic E-state index is 13.3. The second kappa shape index (κ2) is 5.87. The Hall–Kier alpha value is -2.15. The number of ether oxygens (including phenoxy) is 1. The van der Waals surface area contributed by atoms with Crippen molar-refractivity contribution in [2.45, 2.75) is 6.61 Å². The molecule has 0 aliphatic rings. The van der Waals surface area contributed by atoms with Gasteiger partial charge in [-0.25, -0.2) is 23.1 Å². The van der Waals surface area contributed by atoms with Crippen molar-refractivity contribution in [2.24, 2.45) is 0 Å². The first-order chi connectivity index (χ1) is 9.55. The van der Waals surface area contributed by atoms with E-state index in [9.17, 15) is 13.2 Å². The molecule has 0 radical (unpaired) electrons. The monoisotopic (exact) mass is 283 g/mol. The van der Waals surface area contributed by atoms with Crippen molar-refractivity contribution in [1.29, 1.82) is 0 Å². The van der Waals surface area contributed by atoms with Crippen LogP contribution in [0.4, 0.5) is 19.0 Å². The molecule has 2 rings (SSSR count). The molecule has 0 saturated carbocycles. The molecule has 0 amide bonds. The highest BCUT2D eigenvalue weighted by Crippen LogP contribution is 2.24. The molecule has 7 heteroatoms. The lowest BCUT2D eigenvalue weighted by molar-refractivity contribution is 0.178. The fraction of sp³-hybridized carbons (Fsp3) is 0.231. The summed E-state index contributed by atoms with van der Waals surface area (Å²) in [5.74, 6) is -3.23. The topological polar surface area (TPSA) is 47.0 Å². The summed E-state index contributed by atoms with van der Waals surface area (Å²) in [5, 5.41) is 2.81. The first-order valence-corrected chi connectivity index (χ1v) is 5.74. The smallest absolute Gasteiger partial charge is 0.194 e. The van der Waals surface area contributed by atoms with Crippen molar-refractivity contribution in [2.75, 3.05) is 19.5 Å². The minimum atomic E-state index is -1.51. The molecule has 1 heterocycles. The Kier molecular flexibility index (Phi) is 4.19. The molecule has 1 aromatic carbocycles. The molecular weight excluding hydrogens is 271 g/mol. The number of nitrogens with zero attached hydrogens (tertiary/aromatic N) is 2. The van der Waals surface area contributed by atoms with Crippen molar-refractivity contribution >= 4 is 5.82 Å². The zero-order valence-electron chi connectivity index (χ0n) is 10.9. The van der Waals surface area contributed by atoms with E-state index < -0.39 is 17.5 Å². The van der Waals surface area contributed by atoms with Crippen molar-refractivity contribution in [3.8, 4) is 11.3 Å². The predicted octanol–water partition coefficient (Wildman–Crippen LogP) is 2.75. The molecule has 0 bridgehead atoms. The van der Waals surface area contributed by atoms with Gasteiger partial charge < -0.3 is 10.1 Å². The summed E-state index contributed by atoms with van der Waals surface area (Å²) in [7, 11) is 3.13. The van der Waals surface area contributed by atoms with Crippen LogP contribution in [-0.4, -0.2) is 24.1 Å². The number of anilines is 1. The first kappa shape index (κ1) is 14.3. The second-order valence-electron chi connectivity index (χ2n) is 3.99. The Morgan fingerprint density at radius 2 is 1.75 bits per heavy atom. The second-order valence-corrected chi connectivity index (χ2v) is 3.99. The molecule has 20 heavy (non-hydrogen) atoms. The minimum Gasteiger partial charge on any atom is -0.377 e. The molecule has 0 saturated heterocycles. The number of nitrogens with one attached hydrogen (secondary N) is 1. The molecule has 0 aliphatic heterocycles. The van der Waals surface area contributed by atoms with Gasteiger partial charge in [0.1, 0.15) is 12.4 Å². The van der Waals surface area contributed by atoms with Crippen LogP contribution in [-0.2, 0) is 11.3 Å². The molecule has 0 atom stereocenters. The van der Waals surface area contributed by atoms with Crippen LogP contribution in [0, 0.1) is 17.5 Å². The molecule has 0 spiro atoms. The number of hydrogen-bond acceptors (Lipinski definition) is 4. The van der Waals surface area contributed by atoms with E-state index in [2.05, 4.69) is 15.3 Å². The van der Waals surface area contributed by atoms with Crippen LogP contribution in [0.25, 0.3) is 11.3 Å². The first-order valence-electron chi connectivity index (χ1n) is 5.74. The number of methoxy groups -OCH3 is 1. The van der Waals surface area contributed by atoms with E-state index >= 15 is 0 Å². The summed E-state index contributed by atoms with van der Waals surface area (Å²) in [6, 6.07) is 3.28. The Labute approximate surface area is 113 Å². The molecule has 4 nitrogen and oxygen atoms in total. The Balaban J connectivity index is 2.53. The average Bonchev–Trinajstić information content (AvgIpc) is 2.44. The van der Waals surface area contributed by atoms with E-state index in [4.69, 9.17) is 4.74 Å². The van der Waals surface area contributed by atoms with Gasteiger partial charge in [-0.05, 0) is 12.1 Å². The summed E-state index contributed by atoms with van der Waals surface area (Å²) >= 11 is 0. The minimum absolute atomic E-state index is 0.123. The lowest BCUT2D eigenvalue weighted by atomic mass is 10.1. The van der Waals surface area contributed by atoms with Gasteiger partial charge in [0, 0.05) is 25.8 Å². The van der Waals surface area contributed by atoms with Crippen LogP contribution in [0.2, 0.25) is 0 Å². The fourth-order valence-corrected chi connectivity index (χ4v) is 1.67. The number of halogens is 3. The summed E-state index contributed by atoms with van der Waals surface area (Å²) in [6.07, 6.45) is 0. The summed E-state index contributed by atoms with van der Waals surface area (Å²) in [6.45, 7) is 0.147. The molecule has 106 valence electrons. The summed E-state index contributed by atoms with van der Waals surface area (Å²) < 4.78 is 44.4. The van der Waals surface area contributed by atoms with Crippen molar-refractivity contribution in [3.05, 3.63) is 41.5 Å². The number of benzene rings is 1. The van der Waals surface area contributed by atoms with Gasteiger partial charge >= 0.3 is 0 Å². The van der Waals surface area contributed by atoms with E-state index in [0.29, 0.717) is 11.6 Å². The third kappa shape index (κ3) is 2.88. The molecular formula is C13H12F3N3O. The van der Waals surface area contributed by atoms with Crippen LogP contribution >= 0.6 is 0 Å². The third-order valence-electron chi connectivity index (χ3n) is 2.58. The normalized spacial score (nSPS) is 10.7. The SMILES string of the molecule is CNc1cc(-c2cc(F)c(F)c(F)c2)nc(COC)n1. The third-order valence-corrected chi connectivity index (χ3v) is 2.58. The van der Waals surface area contributed by atoms with E-state index in [1.54, 1.807) is 7.05 Å². The highest BCUT2D eigenvalue weighted by Gasteiger charge is 2.13. The highest BCUT2D eigenvalue weighted by molar-refractivity contribution is 5.62. The largest absolute Gasteiger partial charge is 0.377 e. The van der Waals surface area contributed by atoms with Gasteiger partial charge in [-0.1, -0.05) is 0 Å². The zero-order valence-corrected chi connectivity index (χ0v) is 10.9. The van der Waals surface area contributed by atoms with Crippen LogP contribution in [0.1, 0.15) is 5.82 Å². The van der Waals surface area contributed by atoms with Crippen LogP contribution in [0.5, 0.6) is 0 Å². The predicted molar refractivity (Wildman–Crippen MR) is 67.6 cm³/mol. The lowest BCUT2D eigenvalue weighted by Crippen LogP contribution is -2.03. The standard InChI is InChI=1S/C13H12F3N3O/c1-17-11-5-10(18-12(19-11)6-20-2)7-3-8(14)13(16)9(15)4-7/h3-5H,6H2,1-2H3,(H,17,18,19). The Morgan fingerprint density at radius 1 is 1.10 bits per heavy atom. The molecule has 0 unspecified atom stereocenters. The van der Waals surface area contributed by atoms with Gasteiger partial charge in [0.2, 0.25) is 0 Å². The number of hydrogen-bond donors (Lipinski definition) is 1.